The van der Waals surface area contributed by atoms with E-state index in [2.05, 4.69) is 40.5 Å². The van der Waals surface area contributed by atoms with Gasteiger partial charge in [-0.15, -0.1) is 24.8 Å². The molecule has 0 aliphatic carbocycles. The Balaban J connectivity index is 0.00000210. The van der Waals surface area contributed by atoms with Gasteiger partial charge in [0.25, 0.3) is 0 Å². The van der Waals surface area contributed by atoms with Crippen LogP contribution in [0.4, 0.5) is 11.4 Å². The smallest absolute Gasteiger partial charge is 0.241 e. The maximum absolute atomic E-state index is 12.6. The van der Waals surface area contributed by atoms with Crippen molar-refractivity contribution < 1.29 is 9.53 Å². The summed E-state index contributed by atoms with van der Waals surface area (Å²) in [7, 11) is 1.58. The zero-order chi connectivity index (χ0) is 19.2. The summed E-state index contributed by atoms with van der Waals surface area (Å²) in [4.78, 5) is 14.9. The molecule has 0 saturated carbocycles. The van der Waals surface area contributed by atoms with Crippen molar-refractivity contribution in [1.29, 1.82) is 0 Å². The van der Waals surface area contributed by atoms with Crippen LogP contribution in [0.3, 0.4) is 0 Å². The van der Waals surface area contributed by atoms with Gasteiger partial charge in [0.1, 0.15) is 5.75 Å². The van der Waals surface area contributed by atoms with Gasteiger partial charge in [-0.25, -0.2) is 0 Å². The second-order valence-electron chi connectivity index (χ2n) is 7.29. The molecule has 0 radical (unpaired) electrons. The van der Waals surface area contributed by atoms with E-state index < -0.39 is 0 Å². The summed E-state index contributed by atoms with van der Waals surface area (Å²) in [5.41, 5.74) is 8.54. The molecule has 2 aromatic rings. The Morgan fingerprint density at radius 2 is 1.83 bits per heavy atom. The van der Waals surface area contributed by atoms with E-state index >= 15 is 0 Å². The Hall–Kier alpha value is -1.95. The monoisotopic (exact) mass is 439 g/mol. The maximum atomic E-state index is 12.6. The van der Waals surface area contributed by atoms with Gasteiger partial charge in [0.2, 0.25) is 5.91 Å². The standard InChI is InChI=1S/C22H29N3O2.2ClH/c1-16(22(26)24-19-8-9-21(27-2)20(23)15-19)25-12-10-18(11-13-25)14-17-6-4-3-5-7-17;;/h3-9,15-16,18H,10-14,23H2,1-2H3,(H,24,26);2*1H. The Morgan fingerprint density at radius 1 is 1.17 bits per heavy atom. The number of nitrogens with zero attached hydrogens (tertiary/aromatic N) is 1. The molecule has 0 spiro atoms. The third kappa shape index (κ3) is 6.81. The number of benzene rings is 2. The van der Waals surface area contributed by atoms with Crippen LogP contribution in [0.15, 0.2) is 48.5 Å². The Labute approximate surface area is 185 Å². The molecule has 5 nitrogen and oxygen atoms in total. The molecular weight excluding hydrogens is 409 g/mol. The van der Waals surface area contributed by atoms with E-state index in [0.717, 1.165) is 32.4 Å². The van der Waals surface area contributed by atoms with Crippen LogP contribution in [-0.4, -0.2) is 37.0 Å². The summed E-state index contributed by atoms with van der Waals surface area (Å²) in [5, 5.41) is 2.97. The van der Waals surface area contributed by atoms with Gasteiger partial charge in [-0.2, -0.15) is 0 Å². The molecule has 29 heavy (non-hydrogen) atoms. The molecule has 2 aromatic carbocycles. The minimum atomic E-state index is -0.161. The average Bonchev–Trinajstić information content (AvgIpc) is 2.69. The summed E-state index contributed by atoms with van der Waals surface area (Å²) < 4.78 is 5.15. The normalized spacial score (nSPS) is 15.5. The van der Waals surface area contributed by atoms with Crippen molar-refractivity contribution in [3.63, 3.8) is 0 Å². The number of nitrogens with two attached hydrogens (primary N) is 1. The molecule has 1 saturated heterocycles. The summed E-state index contributed by atoms with van der Waals surface area (Å²) in [6.45, 7) is 3.88. The number of nitrogens with one attached hydrogen (secondary N) is 1. The van der Waals surface area contributed by atoms with Crippen LogP contribution >= 0.6 is 24.8 Å². The van der Waals surface area contributed by atoms with Crippen LogP contribution in [0.1, 0.15) is 25.3 Å². The molecular formula is C22H31Cl2N3O2. The van der Waals surface area contributed by atoms with Crippen molar-refractivity contribution in [3.8, 4) is 5.75 Å². The molecule has 0 bridgehead atoms. The number of piperidine rings is 1. The van der Waals surface area contributed by atoms with Crippen LogP contribution in [0.25, 0.3) is 0 Å². The predicted molar refractivity (Wildman–Crippen MR) is 124 cm³/mol. The number of hydrogen-bond donors (Lipinski definition) is 2. The molecule has 3 rings (SSSR count). The quantitative estimate of drug-likeness (QED) is 0.654. The molecule has 1 fully saturated rings. The molecule has 1 unspecified atom stereocenters. The second-order valence-corrected chi connectivity index (χ2v) is 7.29. The molecule has 1 aliphatic heterocycles. The van der Waals surface area contributed by atoms with Gasteiger partial charge in [0.15, 0.2) is 0 Å². The maximum Gasteiger partial charge on any atom is 0.241 e. The van der Waals surface area contributed by atoms with Crippen molar-refractivity contribution in [2.24, 2.45) is 5.92 Å². The van der Waals surface area contributed by atoms with Gasteiger partial charge >= 0.3 is 0 Å². The van der Waals surface area contributed by atoms with Gasteiger partial charge < -0.3 is 15.8 Å². The Morgan fingerprint density at radius 3 is 2.41 bits per heavy atom. The Kier molecular flexibility index (Phi) is 10.3. The first kappa shape index (κ1) is 25.1. The van der Waals surface area contributed by atoms with Crippen LogP contribution in [0, 0.1) is 5.92 Å². The summed E-state index contributed by atoms with van der Waals surface area (Å²) in [6, 6.07) is 15.8. The zero-order valence-corrected chi connectivity index (χ0v) is 18.6. The minimum Gasteiger partial charge on any atom is -0.495 e. The second kappa shape index (κ2) is 11.9. The lowest BCUT2D eigenvalue weighted by Gasteiger charge is -2.35. The van der Waals surface area contributed by atoms with Gasteiger partial charge in [-0.1, -0.05) is 30.3 Å². The molecule has 1 aliphatic rings. The summed E-state index contributed by atoms with van der Waals surface area (Å²) in [5.74, 6) is 1.31. The number of carbonyl (C=O) groups excluding carboxylic acids is 1. The topological polar surface area (TPSA) is 67.6 Å². The largest absolute Gasteiger partial charge is 0.495 e. The van der Waals surface area contributed by atoms with Gasteiger partial charge in [0.05, 0.1) is 18.8 Å². The van der Waals surface area contributed by atoms with Crippen LogP contribution in [-0.2, 0) is 11.2 Å². The predicted octanol–water partition coefficient (Wildman–Crippen LogP) is 4.40. The minimum absolute atomic E-state index is 0. The van der Waals surface area contributed by atoms with E-state index in [-0.39, 0.29) is 36.8 Å². The van der Waals surface area contributed by atoms with Crippen LogP contribution in [0.5, 0.6) is 5.75 Å². The van der Waals surface area contributed by atoms with Gasteiger partial charge in [-0.05, 0) is 69.0 Å². The van der Waals surface area contributed by atoms with Crippen LogP contribution < -0.4 is 15.8 Å². The summed E-state index contributed by atoms with van der Waals surface area (Å²) >= 11 is 0. The van der Waals surface area contributed by atoms with Crippen molar-refractivity contribution in [1.82, 2.24) is 4.90 Å². The number of ether oxygens (including phenoxy) is 1. The molecule has 3 N–H and O–H groups in total. The van der Waals surface area contributed by atoms with E-state index in [0.29, 0.717) is 23.0 Å². The third-order valence-electron chi connectivity index (χ3n) is 5.44. The zero-order valence-electron chi connectivity index (χ0n) is 17.0. The number of nitrogen functional groups attached to an aromatic ring is 1. The summed E-state index contributed by atoms with van der Waals surface area (Å²) in [6.07, 6.45) is 3.38. The molecule has 1 amide bonds. The molecule has 0 aromatic heterocycles. The number of amides is 1. The van der Waals surface area contributed by atoms with E-state index in [1.165, 1.54) is 5.56 Å². The first-order valence-corrected chi connectivity index (χ1v) is 9.59. The molecule has 160 valence electrons. The fourth-order valence-electron chi connectivity index (χ4n) is 3.72. The first-order chi connectivity index (χ1) is 13.1. The number of hydrogen-bond acceptors (Lipinski definition) is 4. The van der Waals surface area contributed by atoms with Crippen LogP contribution in [0.2, 0.25) is 0 Å². The van der Waals surface area contributed by atoms with Crippen molar-refractivity contribution >= 4 is 42.1 Å². The SMILES string of the molecule is COc1ccc(NC(=O)C(C)N2CCC(Cc3ccccc3)CC2)cc1N.Cl.Cl. The number of rotatable bonds is 6. The molecule has 7 heteroatoms. The lowest BCUT2D eigenvalue weighted by molar-refractivity contribution is -0.121. The number of carbonyl (C=O) groups is 1. The highest BCUT2D eigenvalue weighted by atomic mass is 35.5. The average molecular weight is 440 g/mol. The fraction of sp³-hybridized carbons (Fsp3) is 0.409. The van der Waals surface area contributed by atoms with Gasteiger partial charge in [-0.3, -0.25) is 9.69 Å². The lowest BCUT2D eigenvalue weighted by Crippen LogP contribution is -2.46. The van der Waals surface area contributed by atoms with Gasteiger partial charge in [0, 0.05) is 5.69 Å². The Bertz CT molecular complexity index is 766. The lowest BCUT2D eigenvalue weighted by atomic mass is 9.89. The van der Waals surface area contributed by atoms with Crippen molar-refractivity contribution in [2.45, 2.75) is 32.2 Å². The number of methoxy groups -OCH3 is 1. The van der Waals surface area contributed by atoms with E-state index in [9.17, 15) is 4.79 Å². The van der Waals surface area contributed by atoms with E-state index in [4.69, 9.17) is 10.5 Å². The van der Waals surface area contributed by atoms with Crippen molar-refractivity contribution in [3.05, 3.63) is 54.1 Å². The highest BCUT2D eigenvalue weighted by Crippen LogP contribution is 2.26. The first-order valence-electron chi connectivity index (χ1n) is 9.59. The number of halogens is 2. The molecule has 1 atom stereocenters. The number of likely N-dealkylation sites (tertiary alicyclic amines) is 1. The van der Waals surface area contributed by atoms with E-state index in [1.54, 1.807) is 19.2 Å². The highest BCUT2D eigenvalue weighted by molar-refractivity contribution is 5.95. The van der Waals surface area contributed by atoms with E-state index in [1.807, 2.05) is 13.0 Å². The van der Waals surface area contributed by atoms with Crippen molar-refractivity contribution in [2.75, 3.05) is 31.2 Å². The number of anilines is 2. The fourth-order valence-corrected chi connectivity index (χ4v) is 3.72. The highest BCUT2D eigenvalue weighted by Gasteiger charge is 2.26. The third-order valence-corrected chi connectivity index (χ3v) is 5.44. The molecule has 1 heterocycles.